The van der Waals surface area contributed by atoms with Crippen molar-refractivity contribution in [3.05, 3.63) is 43.8 Å². The van der Waals surface area contributed by atoms with E-state index in [0.29, 0.717) is 21.9 Å². The Bertz CT molecular complexity index is 1280. The summed E-state index contributed by atoms with van der Waals surface area (Å²) in [6.07, 6.45) is 1.27. The van der Waals surface area contributed by atoms with Crippen molar-refractivity contribution >= 4 is 50.8 Å². The Labute approximate surface area is 187 Å². The lowest BCUT2D eigenvalue weighted by molar-refractivity contribution is 0.0692. The fourth-order valence-corrected chi connectivity index (χ4v) is 5.61. The Morgan fingerprint density at radius 3 is 2.71 bits per heavy atom. The van der Waals surface area contributed by atoms with Crippen molar-refractivity contribution in [1.82, 2.24) is 14.5 Å². The van der Waals surface area contributed by atoms with Crippen LogP contribution >= 0.6 is 22.9 Å². The molecule has 2 fully saturated rings. The van der Waals surface area contributed by atoms with Gasteiger partial charge >= 0.3 is 5.97 Å². The maximum absolute atomic E-state index is 13.2. The average Bonchev–Trinajstić information content (AvgIpc) is 3.13. The molecule has 3 aromatic rings. The second kappa shape index (κ2) is 7.20. The quantitative estimate of drug-likeness (QED) is 0.600. The van der Waals surface area contributed by atoms with Crippen molar-refractivity contribution in [2.45, 2.75) is 26.3 Å². The molecule has 0 bridgehead atoms. The number of aromatic nitrogens is 3. The minimum Gasteiger partial charge on any atom is -0.476 e. The molecule has 3 atom stereocenters. The van der Waals surface area contributed by atoms with Crippen LogP contribution in [0, 0.1) is 18.8 Å². The molecular weight excluding hydrogens is 438 g/mol. The molecule has 0 radical (unpaired) electrons. The van der Waals surface area contributed by atoms with Crippen LogP contribution in [0.5, 0.6) is 0 Å². The second-order valence-electron chi connectivity index (χ2n) is 8.50. The van der Waals surface area contributed by atoms with Crippen molar-refractivity contribution in [1.29, 1.82) is 0 Å². The van der Waals surface area contributed by atoms with Gasteiger partial charge in [0.2, 0.25) is 5.95 Å². The highest BCUT2D eigenvalue weighted by molar-refractivity contribution is 7.19. The summed E-state index contributed by atoms with van der Waals surface area (Å²) in [6.45, 7) is 5.72. The molecule has 0 amide bonds. The number of hydrogen-bond donors (Lipinski definition) is 2. The maximum Gasteiger partial charge on any atom is 0.357 e. The van der Waals surface area contributed by atoms with Crippen molar-refractivity contribution in [2.24, 2.45) is 18.9 Å². The normalized spacial score (nSPS) is 20.7. The van der Waals surface area contributed by atoms with E-state index in [-0.39, 0.29) is 21.8 Å². The van der Waals surface area contributed by atoms with Crippen LogP contribution in [-0.2, 0) is 7.05 Å². The van der Waals surface area contributed by atoms with Gasteiger partial charge in [-0.15, -0.1) is 0 Å². The van der Waals surface area contributed by atoms with Crippen molar-refractivity contribution in [3.63, 3.8) is 0 Å². The summed E-state index contributed by atoms with van der Waals surface area (Å²) in [7, 11) is 1.77. The SMILES string of the molecule is Cc1cc([C@H](C)Nc2sc(Cl)nc2C(=O)O)c2nc(N3CC4CC4C3)n(C)c(=O)c2c1. The number of fused-ring (bicyclic) bond motifs is 2. The van der Waals surface area contributed by atoms with Gasteiger partial charge in [0, 0.05) is 25.7 Å². The first-order chi connectivity index (χ1) is 14.7. The molecule has 1 aliphatic carbocycles. The largest absolute Gasteiger partial charge is 0.476 e. The molecule has 8 nitrogen and oxygen atoms in total. The van der Waals surface area contributed by atoms with Crippen LogP contribution in [0.1, 0.15) is 41.0 Å². The van der Waals surface area contributed by atoms with Gasteiger partial charge in [0.05, 0.1) is 16.9 Å². The summed E-state index contributed by atoms with van der Waals surface area (Å²) in [5, 5.41) is 13.6. The molecule has 2 aliphatic rings. The molecule has 10 heteroatoms. The summed E-state index contributed by atoms with van der Waals surface area (Å²) < 4.78 is 1.79. The van der Waals surface area contributed by atoms with Crippen molar-refractivity contribution < 1.29 is 9.90 Å². The van der Waals surface area contributed by atoms with Crippen LogP contribution in [0.3, 0.4) is 0 Å². The number of aryl methyl sites for hydroxylation is 1. The van der Waals surface area contributed by atoms with Gasteiger partial charge in [0.1, 0.15) is 5.00 Å². The number of hydrogen-bond acceptors (Lipinski definition) is 7. The highest BCUT2D eigenvalue weighted by atomic mass is 35.5. The van der Waals surface area contributed by atoms with Crippen LogP contribution < -0.4 is 15.8 Å². The van der Waals surface area contributed by atoms with E-state index in [4.69, 9.17) is 16.6 Å². The molecule has 2 aromatic heterocycles. The lowest BCUT2D eigenvalue weighted by Gasteiger charge is -2.23. The number of thiazole rings is 1. The van der Waals surface area contributed by atoms with E-state index < -0.39 is 5.97 Å². The Morgan fingerprint density at radius 2 is 2.03 bits per heavy atom. The number of nitrogens with zero attached hydrogens (tertiary/aromatic N) is 4. The fraction of sp³-hybridized carbons (Fsp3) is 0.429. The zero-order valence-electron chi connectivity index (χ0n) is 17.3. The molecule has 0 spiro atoms. The first-order valence-electron chi connectivity index (χ1n) is 10.1. The monoisotopic (exact) mass is 459 g/mol. The number of rotatable bonds is 5. The Kier molecular flexibility index (Phi) is 4.71. The highest BCUT2D eigenvalue weighted by Gasteiger charge is 2.46. The lowest BCUT2D eigenvalue weighted by atomic mass is 10.0. The molecule has 1 saturated carbocycles. The smallest absolute Gasteiger partial charge is 0.357 e. The van der Waals surface area contributed by atoms with Gasteiger partial charge in [-0.25, -0.2) is 14.8 Å². The third kappa shape index (κ3) is 3.45. The predicted molar refractivity (Wildman–Crippen MR) is 122 cm³/mol. The molecule has 1 aliphatic heterocycles. The third-order valence-corrected chi connectivity index (χ3v) is 7.30. The van der Waals surface area contributed by atoms with E-state index in [1.54, 1.807) is 11.6 Å². The van der Waals surface area contributed by atoms with Gasteiger partial charge in [-0.3, -0.25) is 9.36 Å². The first kappa shape index (κ1) is 20.3. The minimum absolute atomic E-state index is 0.0789. The fourth-order valence-electron chi connectivity index (χ4n) is 4.53. The lowest BCUT2D eigenvalue weighted by Crippen LogP contribution is -2.31. The first-order valence-corrected chi connectivity index (χ1v) is 11.3. The number of carboxylic acids is 1. The average molecular weight is 460 g/mol. The molecule has 1 aromatic carbocycles. The topological polar surface area (TPSA) is 100 Å². The number of nitrogens with one attached hydrogen (secondary N) is 1. The Balaban J connectivity index is 1.60. The zero-order valence-corrected chi connectivity index (χ0v) is 18.9. The van der Waals surface area contributed by atoms with Gasteiger partial charge in [-0.05, 0) is 43.7 Å². The van der Waals surface area contributed by atoms with Gasteiger partial charge < -0.3 is 15.3 Å². The number of halogens is 1. The minimum atomic E-state index is -1.14. The summed E-state index contributed by atoms with van der Waals surface area (Å²) >= 11 is 7.03. The van der Waals surface area contributed by atoms with Gasteiger partial charge in [-0.2, -0.15) is 0 Å². The van der Waals surface area contributed by atoms with Crippen LogP contribution in [0.2, 0.25) is 4.47 Å². The predicted octanol–water partition coefficient (Wildman–Crippen LogP) is 3.68. The molecule has 3 heterocycles. The molecule has 2 unspecified atom stereocenters. The van der Waals surface area contributed by atoms with Gasteiger partial charge in [-0.1, -0.05) is 29.0 Å². The van der Waals surface area contributed by atoms with Crippen LogP contribution in [0.4, 0.5) is 10.9 Å². The van der Waals surface area contributed by atoms with Crippen LogP contribution in [0.25, 0.3) is 10.9 Å². The molecule has 5 rings (SSSR count). The molecule has 162 valence electrons. The molecule has 31 heavy (non-hydrogen) atoms. The summed E-state index contributed by atoms with van der Waals surface area (Å²) in [5.41, 5.74) is 2.21. The summed E-state index contributed by atoms with van der Waals surface area (Å²) in [5.74, 6) is 0.982. The molecule has 2 N–H and O–H groups in total. The van der Waals surface area contributed by atoms with Crippen molar-refractivity contribution in [2.75, 3.05) is 23.3 Å². The van der Waals surface area contributed by atoms with E-state index in [1.807, 2.05) is 26.0 Å². The van der Waals surface area contributed by atoms with Crippen LogP contribution in [0.15, 0.2) is 16.9 Å². The molecular formula is C21H22ClN5O3S. The van der Waals surface area contributed by atoms with E-state index in [9.17, 15) is 14.7 Å². The van der Waals surface area contributed by atoms with E-state index >= 15 is 0 Å². The van der Waals surface area contributed by atoms with Crippen LogP contribution in [-0.4, -0.2) is 38.7 Å². The Morgan fingerprint density at radius 1 is 1.32 bits per heavy atom. The third-order valence-electron chi connectivity index (χ3n) is 6.21. The number of anilines is 2. The van der Waals surface area contributed by atoms with E-state index in [0.717, 1.165) is 47.4 Å². The molecule has 1 saturated heterocycles. The second-order valence-corrected chi connectivity index (χ2v) is 10.1. The number of piperidine rings is 1. The number of benzene rings is 1. The standard InChI is InChI=1S/C21H22ClN5O3S/c1-9-4-13(10(2)23-17-16(19(29)30)24-20(22)31-17)15-14(5-9)18(28)26(3)21(25-15)27-7-11-6-12(11)8-27/h4-5,10-12,23H,6-8H2,1-3H3,(H,29,30)/t10-,11?,12?/m0/s1. The maximum atomic E-state index is 13.2. The number of carboxylic acid groups (broad SMARTS) is 1. The summed E-state index contributed by atoms with van der Waals surface area (Å²) in [6, 6.07) is 3.54. The van der Waals surface area contributed by atoms with Crippen molar-refractivity contribution in [3.8, 4) is 0 Å². The zero-order chi connectivity index (χ0) is 22.0. The summed E-state index contributed by atoms with van der Waals surface area (Å²) in [4.78, 5) is 35.7. The van der Waals surface area contributed by atoms with E-state index in [2.05, 4.69) is 15.2 Å². The number of carbonyl (C=O) groups is 1. The van der Waals surface area contributed by atoms with E-state index in [1.165, 1.54) is 6.42 Å². The Hall–Kier alpha value is -2.65. The van der Waals surface area contributed by atoms with Gasteiger partial charge in [0.25, 0.3) is 5.56 Å². The van der Waals surface area contributed by atoms with Gasteiger partial charge in [0.15, 0.2) is 10.2 Å². The number of aromatic carboxylic acids is 1. The highest BCUT2D eigenvalue weighted by Crippen LogP contribution is 2.46.